The van der Waals surface area contributed by atoms with Crippen LogP contribution in [0.5, 0.6) is 0 Å². The molecule has 0 unspecified atom stereocenters. The van der Waals surface area contributed by atoms with E-state index in [-0.39, 0.29) is 11.3 Å². The van der Waals surface area contributed by atoms with Crippen LogP contribution in [0.1, 0.15) is 24.2 Å². The van der Waals surface area contributed by atoms with Gasteiger partial charge in [-0.25, -0.2) is 4.79 Å². The van der Waals surface area contributed by atoms with Crippen molar-refractivity contribution in [2.24, 2.45) is 0 Å². The molecule has 0 aliphatic rings. The van der Waals surface area contributed by atoms with E-state index >= 15 is 0 Å². The summed E-state index contributed by atoms with van der Waals surface area (Å²) < 4.78 is 0.344. The first kappa shape index (κ1) is 15.1. The Kier molecular flexibility index (Phi) is 4.25. The van der Waals surface area contributed by atoms with Crippen LogP contribution in [0.2, 0.25) is 0 Å². The van der Waals surface area contributed by atoms with E-state index in [4.69, 9.17) is 5.11 Å². The Morgan fingerprint density at radius 3 is 2.47 bits per heavy atom. The number of nitro benzene ring substituents is 1. The molecule has 0 saturated carbocycles. The van der Waals surface area contributed by atoms with Crippen molar-refractivity contribution in [3.05, 3.63) is 38.3 Å². The highest BCUT2D eigenvalue weighted by Crippen LogP contribution is 2.23. The second-order valence-electron chi connectivity index (χ2n) is 4.31. The van der Waals surface area contributed by atoms with E-state index < -0.39 is 22.3 Å². The number of non-ortho nitro benzene ring substituents is 1. The number of rotatable bonds is 4. The summed E-state index contributed by atoms with van der Waals surface area (Å²) in [6.07, 6.45) is 0. The molecule has 102 valence electrons. The van der Waals surface area contributed by atoms with Crippen molar-refractivity contribution in [3.8, 4) is 0 Å². The standard InChI is InChI=1S/C11H11BrN2O5/c1-11(2,10(16)17)13-9(15)7-5-6(14(18)19)3-4-8(7)12/h3-5H,1-2H3,(H,13,15)(H,16,17). The zero-order valence-electron chi connectivity index (χ0n) is 10.1. The van der Waals surface area contributed by atoms with Gasteiger partial charge in [0.05, 0.1) is 10.5 Å². The second-order valence-corrected chi connectivity index (χ2v) is 5.16. The molecule has 0 saturated heterocycles. The molecule has 0 bridgehead atoms. The van der Waals surface area contributed by atoms with Gasteiger partial charge in [0.2, 0.25) is 0 Å². The first-order chi connectivity index (χ1) is 8.65. The molecule has 8 heteroatoms. The maximum atomic E-state index is 11.9. The lowest BCUT2D eigenvalue weighted by Crippen LogP contribution is -2.49. The van der Waals surface area contributed by atoms with Crippen molar-refractivity contribution in [1.29, 1.82) is 0 Å². The highest BCUT2D eigenvalue weighted by molar-refractivity contribution is 9.10. The van der Waals surface area contributed by atoms with Crippen molar-refractivity contribution in [2.75, 3.05) is 0 Å². The van der Waals surface area contributed by atoms with Crippen molar-refractivity contribution in [3.63, 3.8) is 0 Å². The molecule has 2 N–H and O–H groups in total. The minimum atomic E-state index is -1.47. The first-order valence-electron chi connectivity index (χ1n) is 5.15. The Hall–Kier alpha value is -1.96. The number of hydrogen-bond acceptors (Lipinski definition) is 4. The van der Waals surface area contributed by atoms with Gasteiger partial charge >= 0.3 is 5.97 Å². The maximum Gasteiger partial charge on any atom is 0.328 e. The zero-order chi connectivity index (χ0) is 14.8. The molecule has 0 aliphatic heterocycles. The minimum Gasteiger partial charge on any atom is -0.480 e. The van der Waals surface area contributed by atoms with E-state index in [9.17, 15) is 19.7 Å². The first-order valence-corrected chi connectivity index (χ1v) is 5.94. The third kappa shape index (κ3) is 3.50. The Morgan fingerprint density at radius 1 is 1.42 bits per heavy atom. The average molecular weight is 331 g/mol. The summed E-state index contributed by atoms with van der Waals surface area (Å²) in [6, 6.07) is 3.68. The van der Waals surface area contributed by atoms with Gasteiger partial charge in [-0.05, 0) is 35.8 Å². The largest absolute Gasteiger partial charge is 0.480 e. The molecular formula is C11H11BrN2O5. The van der Waals surface area contributed by atoms with Gasteiger partial charge in [0.1, 0.15) is 5.54 Å². The molecule has 1 rings (SSSR count). The zero-order valence-corrected chi connectivity index (χ0v) is 11.7. The van der Waals surface area contributed by atoms with Crippen LogP contribution in [0.25, 0.3) is 0 Å². The number of halogens is 1. The van der Waals surface area contributed by atoms with Gasteiger partial charge in [-0.15, -0.1) is 0 Å². The van der Waals surface area contributed by atoms with Crippen LogP contribution in [0.4, 0.5) is 5.69 Å². The third-order valence-corrected chi connectivity index (χ3v) is 3.06. The summed E-state index contributed by atoms with van der Waals surface area (Å²) in [4.78, 5) is 32.9. The maximum absolute atomic E-state index is 11.9. The molecule has 19 heavy (non-hydrogen) atoms. The van der Waals surface area contributed by atoms with E-state index in [2.05, 4.69) is 21.2 Å². The fourth-order valence-electron chi connectivity index (χ4n) is 1.21. The Balaban J connectivity index is 3.09. The molecular weight excluding hydrogens is 320 g/mol. The molecule has 0 spiro atoms. The summed E-state index contributed by atoms with van der Waals surface area (Å²) in [5.74, 6) is -1.91. The van der Waals surface area contributed by atoms with Crippen LogP contribution >= 0.6 is 15.9 Å². The molecule has 0 aliphatic carbocycles. The van der Waals surface area contributed by atoms with Gasteiger partial charge in [-0.3, -0.25) is 14.9 Å². The summed E-state index contributed by atoms with van der Waals surface area (Å²) in [5.41, 5.74) is -1.72. The lowest BCUT2D eigenvalue weighted by molar-refractivity contribution is -0.384. The quantitative estimate of drug-likeness (QED) is 0.647. The number of nitrogens with one attached hydrogen (secondary N) is 1. The van der Waals surface area contributed by atoms with Crippen LogP contribution in [-0.2, 0) is 4.79 Å². The molecule has 1 aromatic carbocycles. The summed E-state index contributed by atoms with van der Waals surface area (Å²) in [6.45, 7) is 2.64. The number of aliphatic carboxylic acids is 1. The van der Waals surface area contributed by atoms with Gasteiger partial charge in [0.25, 0.3) is 11.6 Å². The summed E-state index contributed by atoms with van der Waals surface area (Å²) in [5, 5.41) is 21.8. The van der Waals surface area contributed by atoms with Gasteiger partial charge in [-0.1, -0.05) is 0 Å². The fraction of sp³-hybridized carbons (Fsp3) is 0.273. The van der Waals surface area contributed by atoms with Crippen molar-refractivity contribution >= 4 is 33.5 Å². The van der Waals surface area contributed by atoms with Gasteiger partial charge < -0.3 is 10.4 Å². The SMILES string of the molecule is CC(C)(NC(=O)c1cc([N+](=O)[O-])ccc1Br)C(=O)O. The van der Waals surface area contributed by atoms with E-state index in [0.29, 0.717) is 4.47 Å². The molecule has 0 aromatic heterocycles. The molecule has 0 radical (unpaired) electrons. The summed E-state index contributed by atoms with van der Waals surface area (Å²) in [7, 11) is 0. The number of amides is 1. The van der Waals surface area contributed by atoms with Crippen LogP contribution in [0.15, 0.2) is 22.7 Å². The van der Waals surface area contributed by atoms with E-state index in [1.807, 2.05) is 0 Å². The highest BCUT2D eigenvalue weighted by Gasteiger charge is 2.30. The lowest BCUT2D eigenvalue weighted by atomic mass is 10.1. The fourth-order valence-corrected chi connectivity index (χ4v) is 1.63. The number of carboxylic acids is 1. The van der Waals surface area contributed by atoms with E-state index in [1.165, 1.54) is 26.0 Å². The predicted molar refractivity (Wildman–Crippen MR) is 70.0 cm³/mol. The Bertz CT molecular complexity index is 556. The molecule has 1 amide bonds. The van der Waals surface area contributed by atoms with Gasteiger partial charge in [-0.2, -0.15) is 0 Å². The lowest BCUT2D eigenvalue weighted by Gasteiger charge is -2.21. The van der Waals surface area contributed by atoms with E-state index in [0.717, 1.165) is 6.07 Å². The van der Waals surface area contributed by atoms with Crippen molar-refractivity contribution < 1.29 is 19.6 Å². The van der Waals surface area contributed by atoms with Crippen LogP contribution < -0.4 is 5.32 Å². The van der Waals surface area contributed by atoms with Crippen molar-refractivity contribution in [2.45, 2.75) is 19.4 Å². The molecule has 0 atom stereocenters. The molecule has 0 fully saturated rings. The Morgan fingerprint density at radius 2 is 2.00 bits per heavy atom. The normalized spacial score (nSPS) is 10.9. The number of hydrogen-bond donors (Lipinski definition) is 2. The number of nitro groups is 1. The minimum absolute atomic E-state index is 0.00326. The highest BCUT2D eigenvalue weighted by atomic mass is 79.9. The molecule has 7 nitrogen and oxygen atoms in total. The van der Waals surface area contributed by atoms with E-state index in [1.54, 1.807) is 0 Å². The molecule has 0 heterocycles. The van der Waals surface area contributed by atoms with Crippen molar-refractivity contribution in [1.82, 2.24) is 5.32 Å². The topological polar surface area (TPSA) is 110 Å². The number of benzene rings is 1. The average Bonchev–Trinajstić information content (AvgIpc) is 2.28. The predicted octanol–water partition coefficient (Wildman–Crippen LogP) is 1.95. The number of nitrogens with zero attached hydrogens (tertiary/aromatic N) is 1. The molecule has 1 aromatic rings. The van der Waals surface area contributed by atoms with Gasteiger partial charge in [0.15, 0.2) is 0 Å². The number of carbonyl (C=O) groups excluding carboxylic acids is 1. The second kappa shape index (κ2) is 5.35. The summed E-state index contributed by atoms with van der Waals surface area (Å²) >= 11 is 3.09. The van der Waals surface area contributed by atoms with Crippen LogP contribution in [0, 0.1) is 10.1 Å². The Labute approximate surface area is 116 Å². The third-order valence-electron chi connectivity index (χ3n) is 2.37. The van der Waals surface area contributed by atoms with Crippen LogP contribution in [-0.4, -0.2) is 27.4 Å². The number of carboxylic acid groups (broad SMARTS) is 1. The smallest absolute Gasteiger partial charge is 0.328 e. The monoisotopic (exact) mass is 330 g/mol. The van der Waals surface area contributed by atoms with Crippen LogP contribution in [0.3, 0.4) is 0 Å². The number of carbonyl (C=O) groups is 2. The van der Waals surface area contributed by atoms with Gasteiger partial charge in [0, 0.05) is 16.6 Å².